The van der Waals surface area contributed by atoms with Crippen molar-refractivity contribution in [2.75, 3.05) is 6.61 Å². The molecule has 0 aromatic heterocycles. The van der Waals surface area contributed by atoms with Crippen molar-refractivity contribution in [1.29, 1.82) is 0 Å². The third-order valence-corrected chi connectivity index (χ3v) is 2.54. The smallest absolute Gasteiger partial charge is 0.308 e. The molecule has 0 aliphatic heterocycles. The lowest BCUT2D eigenvalue weighted by Gasteiger charge is -2.08. The summed E-state index contributed by atoms with van der Waals surface area (Å²) < 4.78 is 5.07. The number of hydrogen-bond donors (Lipinski definition) is 1. The summed E-state index contributed by atoms with van der Waals surface area (Å²) in [5.74, 6) is -0.900. The molecular formula is C12H22O4. The Morgan fingerprint density at radius 2 is 1.81 bits per heavy atom. The average molecular weight is 230 g/mol. The Labute approximate surface area is 97.0 Å². The summed E-state index contributed by atoms with van der Waals surface area (Å²) in [6.07, 6.45) is 4.36. The van der Waals surface area contributed by atoms with E-state index in [-0.39, 0.29) is 18.3 Å². The minimum absolute atomic E-state index is 0.0213. The predicted molar refractivity (Wildman–Crippen MR) is 61.1 cm³/mol. The van der Waals surface area contributed by atoms with E-state index in [4.69, 9.17) is 9.84 Å². The summed E-state index contributed by atoms with van der Waals surface area (Å²) in [4.78, 5) is 21.5. The average Bonchev–Trinajstić information content (AvgIpc) is 2.25. The standard InChI is InChI=1S/C12H22O4/c1-3-10(2)12(15)16-9-7-5-4-6-8-11(13)14/h10H,3-9H2,1-2H3,(H,13,14). The summed E-state index contributed by atoms with van der Waals surface area (Å²) in [6.45, 7) is 4.27. The Kier molecular flexibility index (Phi) is 8.58. The number of ether oxygens (including phenoxy) is 1. The number of carboxylic acids is 1. The number of hydrogen-bond acceptors (Lipinski definition) is 3. The zero-order chi connectivity index (χ0) is 12.4. The van der Waals surface area contributed by atoms with Gasteiger partial charge in [0.25, 0.3) is 0 Å². The van der Waals surface area contributed by atoms with Crippen molar-refractivity contribution in [3.05, 3.63) is 0 Å². The zero-order valence-electron chi connectivity index (χ0n) is 10.2. The highest BCUT2D eigenvalue weighted by molar-refractivity contribution is 5.71. The molecule has 1 atom stereocenters. The molecule has 0 fully saturated rings. The van der Waals surface area contributed by atoms with Gasteiger partial charge < -0.3 is 9.84 Å². The summed E-state index contributed by atoms with van der Waals surface area (Å²) in [6, 6.07) is 0. The van der Waals surface area contributed by atoms with Crippen LogP contribution >= 0.6 is 0 Å². The molecule has 0 heterocycles. The minimum Gasteiger partial charge on any atom is -0.481 e. The molecule has 4 nitrogen and oxygen atoms in total. The molecule has 0 aliphatic rings. The van der Waals surface area contributed by atoms with E-state index >= 15 is 0 Å². The van der Waals surface area contributed by atoms with Gasteiger partial charge in [-0.1, -0.05) is 26.7 Å². The van der Waals surface area contributed by atoms with Crippen molar-refractivity contribution in [1.82, 2.24) is 0 Å². The van der Waals surface area contributed by atoms with E-state index < -0.39 is 5.97 Å². The molecule has 0 radical (unpaired) electrons. The number of carboxylic acid groups (broad SMARTS) is 1. The normalized spacial score (nSPS) is 12.1. The Morgan fingerprint density at radius 3 is 2.38 bits per heavy atom. The van der Waals surface area contributed by atoms with Crippen LogP contribution in [0.15, 0.2) is 0 Å². The molecule has 0 saturated heterocycles. The Balaban J connectivity index is 3.27. The van der Waals surface area contributed by atoms with Crippen molar-refractivity contribution in [2.45, 2.75) is 52.4 Å². The van der Waals surface area contributed by atoms with Gasteiger partial charge in [0.1, 0.15) is 0 Å². The molecule has 0 amide bonds. The molecule has 0 rings (SSSR count). The van der Waals surface area contributed by atoms with Crippen molar-refractivity contribution in [2.24, 2.45) is 5.92 Å². The summed E-state index contributed by atoms with van der Waals surface area (Å²) >= 11 is 0. The van der Waals surface area contributed by atoms with Crippen LogP contribution in [0.2, 0.25) is 0 Å². The van der Waals surface area contributed by atoms with Crippen LogP contribution in [0, 0.1) is 5.92 Å². The lowest BCUT2D eigenvalue weighted by molar-refractivity contribution is -0.148. The van der Waals surface area contributed by atoms with Gasteiger partial charge in [0.05, 0.1) is 12.5 Å². The van der Waals surface area contributed by atoms with E-state index in [1.54, 1.807) is 0 Å². The van der Waals surface area contributed by atoms with Gasteiger partial charge in [-0.2, -0.15) is 0 Å². The van der Waals surface area contributed by atoms with E-state index in [2.05, 4.69) is 0 Å². The Bertz CT molecular complexity index is 213. The first-order valence-corrected chi connectivity index (χ1v) is 5.96. The van der Waals surface area contributed by atoms with Crippen LogP contribution in [0.4, 0.5) is 0 Å². The number of esters is 1. The van der Waals surface area contributed by atoms with Gasteiger partial charge in [0.15, 0.2) is 0 Å². The highest BCUT2D eigenvalue weighted by Crippen LogP contribution is 2.06. The van der Waals surface area contributed by atoms with E-state index in [9.17, 15) is 9.59 Å². The zero-order valence-corrected chi connectivity index (χ0v) is 10.2. The number of carbonyl (C=O) groups is 2. The monoisotopic (exact) mass is 230 g/mol. The second kappa shape index (κ2) is 9.19. The maximum atomic E-state index is 11.3. The number of rotatable bonds is 9. The van der Waals surface area contributed by atoms with Crippen LogP contribution in [-0.4, -0.2) is 23.7 Å². The van der Waals surface area contributed by atoms with Crippen LogP contribution in [0.5, 0.6) is 0 Å². The van der Waals surface area contributed by atoms with Crippen molar-refractivity contribution >= 4 is 11.9 Å². The molecule has 94 valence electrons. The largest absolute Gasteiger partial charge is 0.481 e. The lowest BCUT2D eigenvalue weighted by Crippen LogP contribution is -2.14. The van der Waals surface area contributed by atoms with Crippen LogP contribution < -0.4 is 0 Å². The molecule has 1 N–H and O–H groups in total. The Morgan fingerprint density at radius 1 is 1.19 bits per heavy atom. The first-order valence-electron chi connectivity index (χ1n) is 5.96. The minimum atomic E-state index is -0.747. The van der Waals surface area contributed by atoms with Gasteiger partial charge in [-0.05, 0) is 19.3 Å². The van der Waals surface area contributed by atoms with Gasteiger partial charge in [-0.25, -0.2) is 0 Å². The highest BCUT2D eigenvalue weighted by atomic mass is 16.5. The van der Waals surface area contributed by atoms with Crippen molar-refractivity contribution < 1.29 is 19.4 Å². The van der Waals surface area contributed by atoms with Crippen molar-refractivity contribution in [3.63, 3.8) is 0 Å². The second-order valence-electron chi connectivity index (χ2n) is 4.03. The maximum absolute atomic E-state index is 11.3. The molecular weight excluding hydrogens is 208 g/mol. The van der Waals surface area contributed by atoms with Gasteiger partial charge in [0, 0.05) is 6.42 Å². The van der Waals surface area contributed by atoms with E-state index in [0.717, 1.165) is 25.7 Å². The van der Waals surface area contributed by atoms with Crippen LogP contribution in [0.1, 0.15) is 52.4 Å². The fourth-order valence-electron chi connectivity index (χ4n) is 1.21. The fraction of sp³-hybridized carbons (Fsp3) is 0.833. The lowest BCUT2D eigenvalue weighted by atomic mass is 10.1. The fourth-order valence-corrected chi connectivity index (χ4v) is 1.21. The molecule has 0 spiro atoms. The number of unbranched alkanes of at least 4 members (excludes halogenated alkanes) is 3. The predicted octanol–water partition coefficient (Wildman–Crippen LogP) is 2.61. The maximum Gasteiger partial charge on any atom is 0.308 e. The SMILES string of the molecule is CCC(C)C(=O)OCCCCCCC(=O)O. The molecule has 4 heteroatoms. The van der Waals surface area contributed by atoms with E-state index in [0.29, 0.717) is 13.0 Å². The Hall–Kier alpha value is -1.06. The molecule has 0 aromatic rings. The highest BCUT2D eigenvalue weighted by Gasteiger charge is 2.10. The third kappa shape index (κ3) is 8.26. The van der Waals surface area contributed by atoms with Gasteiger partial charge in [-0.15, -0.1) is 0 Å². The molecule has 1 unspecified atom stereocenters. The molecule has 0 aliphatic carbocycles. The first kappa shape index (κ1) is 14.9. The quantitative estimate of drug-likeness (QED) is 0.488. The van der Waals surface area contributed by atoms with E-state index in [1.165, 1.54) is 0 Å². The molecule has 0 aromatic carbocycles. The molecule has 16 heavy (non-hydrogen) atoms. The van der Waals surface area contributed by atoms with E-state index in [1.807, 2.05) is 13.8 Å². The van der Waals surface area contributed by atoms with Crippen LogP contribution in [-0.2, 0) is 14.3 Å². The first-order chi connectivity index (χ1) is 7.57. The van der Waals surface area contributed by atoms with Crippen molar-refractivity contribution in [3.8, 4) is 0 Å². The van der Waals surface area contributed by atoms with Gasteiger partial charge in [-0.3, -0.25) is 9.59 Å². The summed E-state index contributed by atoms with van der Waals surface area (Å²) in [5, 5.41) is 8.41. The molecule has 0 bridgehead atoms. The number of aliphatic carboxylic acids is 1. The van der Waals surface area contributed by atoms with Crippen LogP contribution in [0.3, 0.4) is 0 Å². The van der Waals surface area contributed by atoms with Crippen LogP contribution in [0.25, 0.3) is 0 Å². The summed E-state index contributed by atoms with van der Waals surface area (Å²) in [5.41, 5.74) is 0. The topological polar surface area (TPSA) is 63.6 Å². The van der Waals surface area contributed by atoms with Gasteiger partial charge in [0.2, 0.25) is 0 Å². The summed E-state index contributed by atoms with van der Waals surface area (Å²) in [7, 11) is 0. The second-order valence-corrected chi connectivity index (χ2v) is 4.03. The third-order valence-electron chi connectivity index (χ3n) is 2.54. The van der Waals surface area contributed by atoms with Gasteiger partial charge >= 0.3 is 11.9 Å². The molecule has 0 saturated carbocycles. The number of carbonyl (C=O) groups excluding carboxylic acids is 1.